The number of hydrogen-bond acceptors (Lipinski definition) is 4. The lowest BCUT2D eigenvalue weighted by Crippen LogP contribution is -2.18. The standard InChI is InChI=1S/C23H20ClN3S/c24-19-5-3-4-18(13-19)20-11-17(12-21-23(20)26-15-28-21)10-16-6-7-22(25-14-16)27-8-1-2-9-27/h3-7,11-15H,1-2,8-10H2. The van der Waals surface area contributed by atoms with Crippen LogP contribution in [0.5, 0.6) is 0 Å². The predicted octanol–water partition coefficient (Wildman–Crippen LogP) is 6.20. The molecule has 0 N–H and O–H groups in total. The fourth-order valence-corrected chi connectivity index (χ4v) is 4.85. The number of aromatic nitrogens is 2. The molecule has 0 radical (unpaired) electrons. The molecule has 3 heterocycles. The van der Waals surface area contributed by atoms with Gasteiger partial charge in [-0.15, -0.1) is 11.3 Å². The molecule has 0 spiro atoms. The van der Waals surface area contributed by atoms with Gasteiger partial charge in [0.1, 0.15) is 5.82 Å². The Bertz CT molecular complexity index is 1110. The normalized spacial score (nSPS) is 14.1. The Morgan fingerprint density at radius 3 is 2.64 bits per heavy atom. The first-order chi connectivity index (χ1) is 13.8. The average Bonchev–Trinajstić information content (AvgIpc) is 3.40. The summed E-state index contributed by atoms with van der Waals surface area (Å²) in [4.78, 5) is 11.7. The molecule has 4 aromatic rings. The minimum absolute atomic E-state index is 0.744. The van der Waals surface area contributed by atoms with E-state index in [2.05, 4.69) is 40.2 Å². The summed E-state index contributed by atoms with van der Waals surface area (Å²) in [5, 5.41) is 0.744. The van der Waals surface area contributed by atoms with Crippen LogP contribution in [0, 0.1) is 0 Å². The fraction of sp³-hybridized carbons (Fsp3) is 0.217. The van der Waals surface area contributed by atoms with E-state index >= 15 is 0 Å². The van der Waals surface area contributed by atoms with Gasteiger partial charge in [0, 0.05) is 29.9 Å². The van der Waals surface area contributed by atoms with Crippen molar-refractivity contribution in [2.75, 3.05) is 18.0 Å². The van der Waals surface area contributed by atoms with Gasteiger partial charge in [-0.2, -0.15) is 0 Å². The Kier molecular flexibility index (Phi) is 4.75. The first kappa shape index (κ1) is 17.7. The lowest BCUT2D eigenvalue weighted by atomic mass is 9.98. The molecule has 2 aromatic carbocycles. The smallest absolute Gasteiger partial charge is 0.128 e. The van der Waals surface area contributed by atoms with Gasteiger partial charge in [-0.25, -0.2) is 9.97 Å². The second-order valence-electron chi connectivity index (χ2n) is 7.25. The van der Waals surface area contributed by atoms with Gasteiger partial charge in [-0.1, -0.05) is 29.8 Å². The van der Waals surface area contributed by atoms with Crippen molar-refractivity contribution in [1.82, 2.24) is 9.97 Å². The number of anilines is 1. The number of fused-ring (bicyclic) bond motifs is 1. The Morgan fingerprint density at radius 1 is 0.964 bits per heavy atom. The SMILES string of the molecule is Clc1cccc(-c2cc(Cc3ccc(N4CCCC4)nc3)cc3scnc23)c1. The second-order valence-corrected chi connectivity index (χ2v) is 8.57. The van der Waals surface area contributed by atoms with E-state index in [9.17, 15) is 0 Å². The molecule has 3 nitrogen and oxygen atoms in total. The third-order valence-electron chi connectivity index (χ3n) is 5.28. The summed E-state index contributed by atoms with van der Waals surface area (Å²) in [6, 6.07) is 16.8. The van der Waals surface area contributed by atoms with Crippen LogP contribution in [0.3, 0.4) is 0 Å². The molecule has 1 fully saturated rings. The van der Waals surface area contributed by atoms with Gasteiger partial charge in [0.2, 0.25) is 0 Å². The summed E-state index contributed by atoms with van der Waals surface area (Å²) < 4.78 is 1.20. The lowest BCUT2D eigenvalue weighted by Gasteiger charge is -2.16. The molecular formula is C23H20ClN3S. The van der Waals surface area contributed by atoms with E-state index in [1.165, 1.54) is 28.7 Å². The topological polar surface area (TPSA) is 29.0 Å². The minimum Gasteiger partial charge on any atom is -0.357 e. The summed E-state index contributed by atoms with van der Waals surface area (Å²) in [5.74, 6) is 1.10. The van der Waals surface area contributed by atoms with Crippen LogP contribution in [-0.2, 0) is 6.42 Å². The van der Waals surface area contributed by atoms with Gasteiger partial charge in [-0.05, 0) is 66.3 Å². The number of rotatable bonds is 4. The summed E-state index contributed by atoms with van der Waals surface area (Å²) >= 11 is 7.91. The van der Waals surface area contributed by atoms with E-state index in [0.29, 0.717) is 0 Å². The van der Waals surface area contributed by atoms with Gasteiger partial charge >= 0.3 is 0 Å². The van der Waals surface area contributed by atoms with E-state index in [0.717, 1.165) is 47.0 Å². The third-order valence-corrected chi connectivity index (χ3v) is 6.29. The van der Waals surface area contributed by atoms with Gasteiger partial charge in [-0.3, -0.25) is 0 Å². The fourth-order valence-electron chi connectivity index (χ4n) is 3.89. The zero-order chi connectivity index (χ0) is 18.9. The Balaban J connectivity index is 1.47. The number of nitrogens with zero attached hydrogens (tertiary/aromatic N) is 3. The van der Waals surface area contributed by atoms with Gasteiger partial charge in [0.15, 0.2) is 0 Å². The van der Waals surface area contributed by atoms with Crippen molar-refractivity contribution >= 4 is 39.0 Å². The number of pyridine rings is 1. The van der Waals surface area contributed by atoms with Crippen molar-refractivity contribution < 1.29 is 0 Å². The van der Waals surface area contributed by atoms with Gasteiger partial charge in [0.05, 0.1) is 15.7 Å². The summed E-state index contributed by atoms with van der Waals surface area (Å²) in [6.45, 7) is 2.24. The van der Waals surface area contributed by atoms with E-state index in [1.54, 1.807) is 11.3 Å². The summed E-state index contributed by atoms with van der Waals surface area (Å²) in [7, 11) is 0. The van der Waals surface area contributed by atoms with Crippen molar-refractivity contribution in [3.8, 4) is 11.1 Å². The van der Waals surface area contributed by atoms with Crippen LogP contribution >= 0.6 is 22.9 Å². The number of halogens is 1. The maximum Gasteiger partial charge on any atom is 0.128 e. The van der Waals surface area contributed by atoms with Crippen LogP contribution in [-0.4, -0.2) is 23.1 Å². The molecule has 0 atom stereocenters. The Labute approximate surface area is 173 Å². The predicted molar refractivity (Wildman–Crippen MR) is 119 cm³/mol. The first-order valence-electron chi connectivity index (χ1n) is 9.58. The molecule has 0 amide bonds. The molecule has 2 aromatic heterocycles. The zero-order valence-electron chi connectivity index (χ0n) is 15.4. The zero-order valence-corrected chi connectivity index (χ0v) is 17.0. The second kappa shape index (κ2) is 7.53. The van der Waals surface area contributed by atoms with Crippen molar-refractivity contribution in [3.05, 3.63) is 76.4 Å². The molecule has 0 bridgehead atoms. The Morgan fingerprint density at radius 2 is 1.86 bits per heavy atom. The third kappa shape index (κ3) is 3.50. The van der Waals surface area contributed by atoms with E-state index in [1.807, 2.05) is 29.9 Å². The van der Waals surface area contributed by atoms with Crippen molar-refractivity contribution in [1.29, 1.82) is 0 Å². The van der Waals surface area contributed by atoms with Crippen LogP contribution in [0.1, 0.15) is 24.0 Å². The van der Waals surface area contributed by atoms with Crippen LogP contribution < -0.4 is 4.90 Å². The molecule has 1 aliphatic heterocycles. The van der Waals surface area contributed by atoms with E-state index in [4.69, 9.17) is 16.6 Å². The molecule has 1 aliphatic rings. The van der Waals surface area contributed by atoms with E-state index in [-0.39, 0.29) is 0 Å². The summed E-state index contributed by atoms with van der Waals surface area (Å²) in [5.41, 5.74) is 7.69. The maximum atomic E-state index is 6.23. The highest BCUT2D eigenvalue weighted by atomic mass is 35.5. The van der Waals surface area contributed by atoms with Crippen LogP contribution in [0.4, 0.5) is 5.82 Å². The quantitative estimate of drug-likeness (QED) is 0.404. The molecule has 5 heteroatoms. The summed E-state index contributed by atoms with van der Waals surface area (Å²) in [6.07, 6.45) is 5.41. The van der Waals surface area contributed by atoms with Crippen LogP contribution in [0.2, 0.25) is 5.02 Å². The van der Waals surface area contributed by atoms with Crippen molar-refractivity contribution in [3.63, 3.8) is 0 Å². The molecule has 28 heavy (non-hydrogen) atoms. The average molecular weight is 406 g/mol. The molecule has 0 saturated carbocycles. The maximum absolute atomic E-state index is 6.23. The minimum atomic E-state index is 0.744. The van der Waals surface area contributed by atoms with Gasteiger partial charge < -0.3 is 4.90 Å². The molecular weight excluding hydrogens is 386 g/mol. The number of hydrogen-bond donors (Lipinski definition) is 0. The molecule has 1 saturated heterocycles. The highest BCUT2D eigenvalue weighted by Crippen LogP contribution is 2.33. The van der Waals surface area contributed by atoms with Crippen LogP contribution in [0.15, 0.2) is 60.2 Å². The number of benzene rings is 2. The number of thiazole rings is 1. The monoisotopic (exact) mass is 405 g/mol. The Hall–Kier alpha value is -2.43. The van der Waals surface area contributed by atoms with Gasteiger partial charge in [0.25, 0.3) is 0 Å². The highest BCUT2D eigenvalue weighted by Gasteiger charge is 2.14. The van der Waals surface area contributed by atoms with Crippen LogP contribution in [0.25, 0.3) is 21.3 Å². The lowest BCUT2D eigenvalue weighted by molar-refractivity contribution is 0.933. The molecule has 0 aliphatic carbocycles. The molecule has 0 unspecified atom stereocenters. The molecule has 5 rings (SSSR count). The largest absolute Gasteiger partial charge is 0.357 e. The molecule has 140 valence electrons. The first-order valence-corrected chi connectivity index (χ1v) is 10.8. The van der Waals surface area contributed by atoms with Crippen molar-refractivity contribution in [2.24, 2.45) is 0 Å². The van der Waals surface area contributed by atoms with Crippen molar-refractivity contribution in [2.45, 2.75) is 19.3 Å². The highest BCUT2D eigenvalue weighted by molar-refractivity contribution is 7.16. The van der Waals surface area contributed by atoms with E-state index < -0.39 is 0 Å².